The highest BCUT2D eigenvalue weighted by atomic mass is 35.5. The standard InChI is InChI=1S/C15H22ClN3O.ClH/c1-17-14-6-8-19(9-7-14)11-15(20)18-10-12-2-4-13(16)5-3-12;/h2-5,14,17H,6-11H2,1H3,(H,18,20);1H. The molecule has 2 N–H and O–H groups in total. The quantitative estimate of drug-likeness (QED) is 0.868. The summed E-state index contributed by atoms with van der Waals surface area (Å²) >= 11 is 5.83. The second kappa shape index (κ2) is 9.26. The number of nitrogens with one attached hydrogen (secondary N) is 2. The molecule has 1 heterocycles. The van der Waals surface area contributed by atoms with E-state index in [4.69, 9.17) is 11.6 Å². The maximum Gasteiger partial charge on any atom is 0.234 e. The molecule has 1 aromatic rings. The Morgan fingerprint density at radius 1 is 1.29 bits per heavy atom. The molecule has 0 atom stereocenters. The number of likely N-dealkylation sites (tertiary alicyclic amines) is 1. The molecule has 4 nitrogen and oxygen atoms in total. The molecule has 1 amide bonds. The zero-order valence-electron chi connectivity index (χ0n) is 12.3. The van der Waals surface area contributed by atoms with E-state index in [1.54, 1.807) is 0 Å². The SMILES string of the molecule is CNC1CCN(CC(=O)NCc2ccc(Cl)cc2)CC1.Cl. The number of hydrogen-bond acceptors (Lipinski definition) is 3. The first-order valence-corrected chi connectivity index (χ1v) is 7.46. The first-order chi connectivity index (χ1) is 9.67. The molecular weight excluding hydrogens is 309 g/mol. The Morgan fingerprint density at radius 2 is 1.90 bits per heavy atom. The molecule has 1 saturated heterocycles. The Kier molecular flexibility index (Phi) is 8.04. The third-order valence-corrected chi connectivity index (χ3v) is 4.02. The van der Waals surface area contributed by atoms with Crippen LogP contribution in [0.25, 0.3) is 0 Å². The summed E-state index contributed by atoms with van der Waals surface area (Å²) in [6, 6.07) is 8.14. The van der Waals surface area contributed by atoms with Crippen molar-refractivity contribution >= 4 is 29.9 Å². The van der Waals surface area contributed by atoms with Crippen molar-refractivity contribution in [3.63, 3.8) is 0 Å². The number of amides is 1. The third-order valence-electron chi connectivity index (χ3n) is 3.77. The first-order valence-electron chi connectivity index (χ1n) is 7.08. The normalized spacial score (nSPS) is 16.3. The van der Waals surface area contributed by atoms with Crippen LogP contribution < -0.4 is 10.6 Å². The molecule has 0 aromatic heterocycles. The van der Waals surface area contributed by atoms with E-state index in [2.05, 4.69) is 15.5 Å². The molecule has 6 heteroatoms. The summed E-state index contributed by atoms with van der Waals surface area (Å²) in [7, 11) is 2.00. The third kappa shape index (κ3) is 6.22. The molecule has 1 aromatic carbocycles. The molecule has 0 aliphatic carbocycles. The van der Waals surface area contributed by atoms with Crippen molar-refractivity contribution in [2.75, 3.05) is 26.7 Å². The molecule has 21 heavy (non-hydrogen) atoms. The van der Waals surface area contributed by atoms with Gasteiger partial charge in [-0.25, -0.2) is 0 Å². The monoisotopic (exact) mass is 331 g/mol. The van der Waals surface area contributed by atoms with Crippen LogP contribution in [0.3, 0.4) is 0 Å². The minimum atomic E-state index is 0. The van der Waals surface area contributed by atoms with Crippen molar-refractivity contribution in [2.24, 2.45) is 0 Å². The number of halogens is 2. The molecule has 2 rings (SSSR count). The fraction of sp³-hybridized carbons (Fsp3) is 0.533. The van der Waals surface area contributed by atoms with Crippen molar-refractivity contribution in [3.05, 3.63) is 34.9 Å². The van der Waals surface area contributed by atoms with Crippen molar-refractivity contribution in [3.8, 4) is 0 Å². The number of nitrogens with zero attached hydrogens (tertiary/aromatic N) is 1. The second-order valence-corrected chi connectivity index (χ2v) is 5.68. The number of carbonyl (C=O) groups is 1. The number of rotatable bonds is 5. The predicted octanol–water partition coefficient (Wildman–Crippen LogP) is 2.06. The molecule has 1 aliphatic rings. The Labute approximate surface area is 137 Å². The van der Waals surface area contributed by atoms with Crippen LogP contribution >= 0.6 is 24.0 Å². The van der Waals surface area contributed by atoms with Gasteiger partial charge in [-0.05, 0) is 37.6 Å². The Morgan fingerprint density at radius 3 is 2.48 bits per heavy atom. The maximum atomic E-state index is 11.9. The van der Waals surface area contributed by atoms with Crippen LogP contribution in [0.1, 0.15) is 18.4 Å². The average Bonchev–Trinajstić information content (AvgIpc) is 2.47. The minimum Gasteiger partial charge on any atom is -0.351 e. The topological polar surface area (TPSA) is 44.4 Å². The van der Waals surface area contributed by atoms with Gasteiger partial charge < -0.3 is 10.6 Å². The van der Waals surface area contributed by atoms with E-state index in [1.807, 2.05) is 31.3 Å². The van der Waals surface area contributed by atoms with Gasteiger partial charge in [-0.1, -0.05) is 23.7 Å². The fourth-order valence-electron chi connectivity index (χ4n) is 2.44. The molecule has 0 saturated carbocycles. The summed E-state index contributed by atoms with van der Waals surface area (Å²) in [5, 5.41) is 6.96. The summed E-state index contributed by atoms with van der Waals surface area (Å²) in [6.07, 6.45) is 2.22. The largest absolute Gasteiger partial charge is 0.351 e. The van der Waals surface area contributed by atoms with Crippen LogP contribution in [0.4, 0.5) is 0 Å². The van der Waals surface area contributed by atoms with Crippen LogP contribution in [0.5, 0.6) is 0 Å². The highest BCUT2D eigenvalue weighted by Crippen LogP contribution is 2.10. The van der Waals surface area contributed by atoms with Gasteiger partial charge in [0.25, 0.3) is 0 Å². The lowest BCUT2D eigenvalue weighted by molar-refractivity contribution is -0.122. The van der Waals surface area contributed by atoms with Crippen molar-refractivity contribution in [2.45, 2.75) is 25.4 Å². The van der Waals surface area contributed by atoms with E-state index >= 15 is 0 Å². The fourth-order valence-corrected chi connectivity index (χ4v) is 2.57. The van der Waals surface area contributed by atoms with Crippen LogP contribution in [0.15, 0.2) is 24.3 Å². The average molecular weight is 332 g/mol. The Balaban J connectivity index is 0.00000220. The van der Waals surface area contributed by atoms with Gasteiger partial charge in [0.15, 0.2) is 0 Å². The van der Waals surface area contributed by atoms with Crippen LogP contribution in [0.2, 0.25) is 5.02 Å². The van der Waals surface area contributed by atoms with Crippen molar-refractivity contribution < 1.29 is 4.79 Å². The maximum absolute atomic E-state index is 11.9. The zero-order valence-corrected chi connectivity index (χ0v) is 13.8. The lowest BCUT2D eigenvalue weighted by Crippen LogP contribution is -2.45. The van der Waals surface area contributed by atoms with Crippen LogP contribution in [-0.2, 0) is 11.3 Å². The summed E-state index contributed by atoms with van der Waals surface area (Å²) < 4.78 is 0. The minimum absolute atomic E-state index is 0. The van der Waals surface area contributed by atoms with E-state index < -0.39 is 0 Å². The van der Waals surface area contributed by atoms with Gasteiger partial charge in [0.1, 0.15) is 0 Å². The molecule has 0 unspecified atom stereocenters. The van der Waals surface area contributed by atoms with E-state index in [0.29, 0.717) is 24.2 Å². The van der Waals surface area contributed by atoms with Crippen molar-refractivity contribution in [1.29, 1.82) is 0 Å². The molecular formula is C15H23Cl2N3O. The number of benzene rings is 1. The van der Waals surface area contributed by atoms with Crippen LogP contribution in [-0.4, -0.2) is 43.5 Å². The number of hydrogen-bond donors (Lipinski definition) is 2. The lowest BCUT2D eigenvalue weighted by atomic mass is 10.1. The van der Waals surface area contributed by atoms with Gasteiger partial charge in [0.05, 0.1) is 6.54 Å². The zero-order chi connectivity index (χ0) is 14.4. The second-order valence-electron chi connectivity index (χ2n) is 5.24. The van der Waals surface area contributed by atoms with E-state index in [-0.39, 0.29) is 18.3 Å². The molecule has 0 spiro atoms. The van der Waals surface area contributed by atoms with Gasteiger partial charge in [0, 0.05) is 30.7 Å². The van der Waals surface area contributed by atoms with Gasteiger partial charge in [-0.3, -0.25) is 9.69 Å². The molecule has 1 aliphatic heterocycles. The highest BCUT2D eigenvalue weighted by molar-refractivity contribution is 6.30. The molecule has 1 fully saturated rings. The Hall–Kier alpha value is -0.810. The van der Waals surface area contributed by atoms with Gasteiger partial charge >= 0.3 is 0 Å². The highest BCUT2D eigenvalue weighted by Gasteiger charge is 2.19. The number of carbonyl (C=O) groups excluding carboxylic acids is 1. The van der Waals surface area contributed by atoms with E-state index in [1.165, 1.54) is 0 Å². The Bertz CT molecular complexity index is 431. The van der Waals surface area contributed by atoms with Gasteiger partial charge in [-0.15, -0.1) is 12.4 Å². The lowest BCUT2D eigenvalue weighted by Gasteiger charge is -2.31. The predicted molar refractivity (Wildman–Crippen MR) is 89.1 cm³/mol. The van der Waals surface area contributed by atoms with Crippen LogP contribution in [0, 0.1) is 0 Å². The summed E-state index contributed by atoms with van der Waals surface area (Å²) in [6.45, 7) is 3.02. The van der Waals surface area contributed by atoms with Gasteiger partial charge in [-0.2, -0.15) is 0 Å². The summed E-state index contributed by atoms with van der Waals surface area (Å²) in [5.74, 6) is 0.0860. The van der Waals surface area contributed by atoms with E-state index in [9.17, 15) is 4.79 Å². The number of piperidine rings is 1. The molecule has 0 radical (unpaired) electrons. The molecule has 0 bridgehead atoms. The van der Waals surface area contributed by atoms with Crippen molar-refractivity contribution in [1.82, 2.24) is 15.5 Å². The summed E-state index contributed by atoms with van der Waals surface area (Å²) in [4.78, 5) is 14.1. The summed E-state index contributed by atoms with van der Waals surface area (Å²) in [5.41, 5.74) is 1.07. The van der Waals surface area contributed by atoms with Gasteiger partial charge in [0.2, 0.25) is 5.91 Å². The van der Waals surface area contributed by atoms with E-state index in [0.717, 1.165) is 31.5 Å². The molecule has 118 valence electrons. The smallest absolute Gasteiger partial charge is 0.234 e. The first kappa shape index (κ1) is 18.2.